The molecule has 170 valence electrons. The van der Waals surface area contributed by atoms with Gasteiger partial charge in [-0.15, -0.1) is 0 Å². The number of aryl methyl sites for hydroxylation is 1. The number of fused-ring (bicyclic) bond motifs is 1. The number of primary amides is 1. The van der Waals surface area contributed by atoms with Gasteiger partial charge in [-0.05, 0) is 42.7 Å². The van der Waals surface area contributed by atoms with Gasteiger partial charge in [0.15, 0.2) is 0 Å². The molecule has 33 heavy (non-hydrogen) atoms. The maximum absolute atomic E-state index is 13.6. The van der Waals surface area contributed by atoms with E-state index in [-0.39, 0.29) is 23.3 Å². The molecule has 0 bridgehead atoms. The Morgan fingerprint density at radius 2 is 1.94 bits per heavy atom. The number of carbonyl (C=O) groups is 1. The van der Waals surface area contributed by atoms with Gasteiger partial charge in [-0.25, -0.2) is 13.9 Å². The van der Waals surface area contributed by atoms with Crippen LogP contribution in [0.15, 0.2) is 42.5 Å². The number of ether oxygens (including phenoxy) is 1. The molecule has 2 aromatic heterocycles. The number of nitrogens with two attached hydrogens (primary N) is 1. The molecule has 0 aliphatic carbocycles. The van der Waals surface area contributed by atoms with Gasteiger partial charge in [-0.3, -0.25) is 4.79 Å². The van der Waals surface area contributed by atoms with Crippen molar-refractivity contribution in [2.45, 2.75) is 33.2 Å². The summed E-state index contributed by atoms with van der Waals surface area (Å²) in [6.45, 7) is 6.42. The second-order valence-electron chi connectivity index (χ2n) is 7.98. The van der Waals surface area contributed by atoms with Gasteiger partial charge in [0.2, 0.25) is 5.95 Å². The van der Waals surface area contributed by atoms with E-state index in [1.165, 1.54) is 19.2 Å². The number of benzene rings is 2. The summed E-state index contributed by atoms with van der Waals surface area (Å²) < 4.78 is 20.7. The van der Waals surface area contributed by atoms with Crippen LogP contribution in [0.1, 0.15) is 46.9 Å². The number of carbonyl (C=O) groups excluding carboxylic acids is 1. The van der Waals surface area contributed by atoms with Crippen molar-refractivity contribution < 1.29 is 13.9 Å². The Hall–Kier alpha value is -4.01. The predicted molar refractivity (Wildman–Crippen MR) is 124 cm³/mol. The molecule has 0 saturated carbocycles. The zero-order chi connectivity index (χ0) is 23.7. The average Bonchev–Trinajstić information content (AvgIpc) is 3.15. The van der Waals surface area contributed by atoms with Crippen molar-refractivity contribution >= 4 is 22.8 Å². The normalized spacial score (nSPS) is 11.2. The molecule has 2 aromatic carbocycles. The zero-order valence-electron chi connectivity index (χ0n) is 18.9. The number of anilines is 1. The van der Waals surface area contributed by atoms with Crippen LogP contribution in [-0.2, 0) is 6.54 Å². The second kappa shape index (κ2) is 8.85. The topological polar surface area (TPSA) is 108 Å². The molecule has 0 spiro atoms. The number of para-hydroxylation sites is 1. The molecule has 3 N–H and O–H groups in total. The summed E-state index contributed by atoms with van der Waals surface area (Å²) in [5, 5.41) is 3.33. The number of halogens is 1. The molecule has 9 heteroatoms. The first kappa shape index (κ1) is 22.2. The number of nitrogens with zero attached hydrogens (tertiary/aromatic N) is 4. The maximum atomic E-state index is 13.6. The molecule has 0 saturated heterocycles. The van der Waals surface area contributed by atoms with Gasteiger partial charge in [0.05, 0.1) is 18.2 Å². The fraction of sp³-hybridized carbons (Fsp3) is 0.250. The standard InChI is InChI=1S/C24H25FN6O2/c1-13(2)19-14(3)28-23(30-22(19)27-12-15-7-5-8-16(25)11-15)31-18-10-6-9-17(21(26)32)20(18)29-24(31)33-4/h5-11,13H,12H2,1-4H3,(H2,26,32)(H,27,28,30). The first-order valence-corrected chi connectivity index (χ1v) is 10.5. The lowest BCUT2D eigenvalue weighted by Crippen LogP contribution is -2.13. The van der Waals surface area contributed by atoms with E-state index in [9.17, 15) is 9.18 Å². The van der Waals surface area contributed by atoms with Gasteiger partial charge < -0.3 is 15.8 Å². The predicted octanol–water partition coefficient (Wildman–Crippen LogP) is 4.11. The lowest BCUT2D eigenvalue weighted by Gasteiger charge is -2.18. The van der Waals surface area contributed by atoms with Crippen molar-refractivity contribution in [1.82, 2.24) is 19.5 Å². The summed E-state index contributed by atoms with van der Waals surface area (Å²) in [6, 6.07) is 11.8. The Morgan fingerprint density at radius 1 is 1.18 bits per heavy atom. The van der Waals surface area contributed by atoms with E-state index in [4.69, 9.17) is 20.4 Å². The molecule has 0 radical (unpaired) electrons. The van der Waals surface area contributed by atoms with Crippen molar-refractivity contribution in [3.05, 3.63) is 70.7 Å². The largest absolute Gasteiger partial charge is 0.468 e. The number of hydrogen-bond acceptors (Lipinski definition) is 6. The van der Waals surface area contributed by atoms with Crippen molar-refractivity contribution in [1.29, 1.82) is 0 Å². The molecule has 0 fully saturated rings. The number of nitrogens with one attached hydrogen (secondary N) is 1. The third-order valence-corrected chi connectivity index (χ3v) is 5.35. The summed E-state index contributed by atoms with van der Waals surface area (Å²) in [7, 11) is 1.49. The lowest BCUT2D eigenvalue weighted by atomic mass is 10.0. The smallest absolute Gasteiger partial charge is 0.304 e. The Labute approximate surface area is 190 Å². The molecule has 0 atom stereocenters. The van der Waals surface area contributed by atoms with E-state index in [0.29, 0.717) is 29.3 Å². The van der Waals surface area contributed by atoms with Gasteiger partial charge in [0.1, 0.15) is 17.2 Å². The molecule has 0 aliphatic heterocycles. The SMILES string of the molecule is COc1nc2c(C(N)=O)cccc2n1-c1nc(C)c(C(C)C)c(NCc2cccc(F)c2)n1. The number of amides is 1. The van der Waals surface area contributed by atoms with Crippen LogP contribution < -0.4 is 15.8 Å². The lowest BCUT2D eigenvalue weighted by molar-refractivity contribution is 0.100. The van der Waals surface area contributed by atoms with E-state index >= 15 is 0 Å². The Bertz CT molecular complexity index is 1350. The quantitative estimate of drug-likeness (QED) is 0.441. The average molecular weight is 449 g/mol. The number of methoxy groups -OCH3 is 1. The maximum Gasteiger partial charge on any atom is 0.304 e. The third kappa shape index (κ3) is 4.21. The van der Waals surface area contributed by atoms with Crippen LogP contribution in [-0.4, -0.2) is 32.5 Å². The Kier molecular flexibility index (Phi) is 5.95. The summed E-state index contributed by atoms with van der Waals surface area (Å²) in [5.74, 6) is 0.235. The van der Waals surface area contributed by atoms with Crippen molar-refractivity contribution in [2.75, 3.05) is 12.4 Å². The summed E-state index contributed by atoms with van der Waals surface area (Å²) in [6.07, 6.45) is 0. The minimum absolute atomic E-state index is 0.150. The highest BCUT2D eigenvalue weighted by Crippen LogP contribution is 2.31. The highest BCUT2D eigenvalue weighted by atomic mass is 19.1. The van der Waals surface area contributed by atoms with E-state index in [2.05, 4.69) is 24.1 Å². The highest BCUT2D eigenvalue weighted by Gasteiger charge is 2.22. The molecule has 0 unspecified atom stereocenters. The second-order valence-corrected chi connectivity index (χ2v) is 7.98. The van der Waals surface area contributed by atoms with Crippen molar-refractivity contribution in [3.63, 3.8) is 0 Å². The summed E-state index contributed by atoms with van der Waals surface area (Å²) >= 11 is 0. The number of imidazole rings is 1. The van der Waals surface area contributed by atoms with Crippen LogP contribution in [0.3, 0.4) is 0 Å². The minimum Gasteiger partial charge on any atom is -0.468 e. The number of aromatic nitrogens is 4. The summed E-state index contributed by atoms with van der Waals surface area (Å²) in [5.41, 5.74) is 9.34. The number of hydrogen-bond donors (Lipinski definition) is 2. The van der Waals surface area contributed by atoms with E-state index < -0.39 is 5.91 Å². The van der Waals surface area contributed by atoms with Crippen LogP contribution >= 0.6 is 0 Å². The molecule has 2 heterocycles. The zero-order valence-corrected chi connectivity index (χ0v) is 18.9. The molecule has 4 aromatic rings. The van der Waals surface area contributed by atoms with Gasteiger partial charge in [-0.1, -0.05) is 32.0 Å². The number of rotatable bonds is 7. The van der Waals surface area contributed by atoms with Crippen LogP contribution in [0.4, 0.5) is 10.2 Å². The molecular weight excluding hydrogens is 423 g/mol. The Balaban J connectivity index is 1.86. The molecule has 4 rings (SSSR count). The minimum atomic E-state index is -0.586. The van der Waals surface area contributed by atoms with Crippen molar-refractivity contribution in [2.24, 2.45) is 5.73 Å². The first-order valence-electron chi connectivity index (χ1n) is 10.5. The van der Waals surface area contributed by atoms with E-state index in [0.717, 1.165) is 16.8 Å². The fourth-order valence-electron chi connectivity index (χ4n) is 3.93. The van der Waals surface area contributed by atoms with Gasteiger partial charge in [0.25, 0.3) is 5.91 Å². The first-order chi connectivity index (χ1) is 15.8. The highest BCUT2D eigenvalue weighted by molar-refractivity contribution is 6.04. The van der Waals surface area contributed by atoms with Crippen LogP contribution in [0.5, 0.6) is 6.01 Å². The third-order valence-electron chi connectivity index (χ3n) is 5.35. The molecular formula is C24H25FN6O2. The summed E-state index contributed by atoms with van der Waals surface area (Å²) in [4.78, 5) is 25.8. The van der Waals surface area contributed by atoms with Gasteiger partial charge in [0, 0.05) is 17.8 Å². The van der Waals surface area contributed by atoms with E-state index in [1.807, 2.05) is 13.0 Å². The van der Waals surface area contributed by atoms with Crippen LogP contribution in [0.25, 0.3) is 17.0 Å². The molecule has 1 amide bonds. The van der Waals surface area contributed by atoms with Gasteiger partial charge >= 0.3 is 6.01 Å². The molecule has 0 aliphatic rings. The monoisotopic (exact) mass is 448 g/mol. The Morgan fingerprint density at radius 3 is 2.61 bits per heavy atom. The fourth-order valence-corrected chi connectivity index (χ4v) is 3.93. The van der Waals surface area contributed by atoms with Crippen molar-refractivity contribution in [3.8, 4) is 12.0 Å². The van der Waals surface area contributed by atoms with Crippen LogP contribution in [0, 0.1) is 12.7 Å². The molecule has 8 nitrogen and oxygen atoms in total. The van der Waals surface area contributed by atoms with Gasteiger partial charge in [-0.2, -0.15) is 9.97 Å². The van der Waals surface area contributed by atoms with E-state index in [1.54, 1.807) is 28.8 Å². The van der Waals surface area contributed by atoms with Crippen LogP contribution in [0.2, 0.25) is 0 Å².